The maximum atomic E-state index is 2.38. The molecule has 2 atom stereocenters. The van der Waals surface area contributed by atoms with Crippen molar-refractivity contribution >= 4 is 0 Å². The average Bonchev–Trinajstić information content (AvgIpc) is 2.17. The van der Waals surface area contributed by atoms with E-state index in [1.807, 2.05) is 0 Å². The van der Waals surface area contributed by atoms with E-state index in [1.54, 1.807) is 0 Å². The largest absolute Gasteiger partial charge is 0.0654 e. The second-order valence-electron chi connectivity index (χ2n) is 3.57. The van der Waals surface area contributed by atoms with Gasteiger partial charge in [0.25, 0.3) is 0 Å². The standard InChI is InChI=1S/C9H18/c1-3-4-9-6-5-8(2)7-9/h8-9H,3-7H2,1-2H3/t8-,9+/m1/s1. The minimum Gasteiger partial charge on any atom is -0.0654 e. The van der Waals surface area contributed by atoms with Crippen LogP contribution < -0.4 is 0 Å². The van der Waals surface area contributed by atoms with Crippen LogP contribution in [-0.4, -0.2) is 0 Å². The van der Waals surface area contributed by atoms with Gasteiger partial charge in [0.05, 0.1) is 0 Å². The number of hydrogen-bond acceptors (Lipinski definition) is 0. The Morgan fingerprint density at radius 3 is 2.56 bits per heavy atom. The highest BCUT2D eigenvalue weighted by Crippen LogP contribution is 2.32. The molecule has 0 radical (unpaired) electrons. The van der Waals surface area contributed by atoms with E-state index in [4.69, 9.17) is 0 Å². The van der Waals surface area contributed by atoms with Crippen LogP contribution in [0, 0.1) is 11.8 Å². The van der Waals surface area contributed by atoms with Crippen molar-refractivity contribution in [2.45, 2.75) is 46.0 Å². The molecule has 1 rings (SSSR count). The summed E-state index contributed by atoms with van der Waals surface area (Å²) in [5.41, 5.74) is 0. The van der Waals surface area contributed by atoms with Crippen LogP contribution in [0.5, 0.6) is 0 Å². The molecule has 0 aliphatic heterocycles. The van der Waals surface area contributed by atoms with Crippen LogP contribution in [0.4, 0.5) is 0 Å². The van der Waals surface area contributed by atoms with Gasteiger partial charge in [0.2, 0.25) is 0 Å². The van der Waals surface area contributed by atoms with E-state index in [-0.39, 0.29) is 0 Å². The Morgan fingerprint density at radius 2 is 2.11 bits per heavy atom. The Kier molecular flexibility index (Phi) is 2.56. The van der Waals surface area contributed by atoms with Gasteiger partial charge in [-0.05, 0) is 18.3 Å². The lowest BCUT2D eigenvalue weighted by Crippen LogP contribution is -1.92. The van der Waals surface area contributed by atoms with E-state index in [0.29, 0.717) is 0 Å². The van der Waals surface area contributed by atoms with Crippen molar-refractivity contribution in [1.82, 2.24) is 0 Å². The predicted molar refractivity (Wildman–Crippen MR) is 41.4 cm³/mol. The van der Waals surface area contributed by atoms with Crippen LogP contribution in [0.2, 0.25) is 0 Å². The summed E-state index contributed by atoms with van der Waals surface area (Å²) >= 11 is 0. The molecule has 0 unspecified atom stereocenters. The molecule has 0 saturated heterocycles. The third-order valence-electron chi connectivity index (χ3n) is 2.50. The average molecular weight is 126 g/mol. The lowest BCUT2D eigenvalue weighted by molar-refractivity contribution is 0.474. The Bertz CT molecular complexity index is 74.1. The Hall–Kier alpha value is 0. The molecular formula is C9H18. The molecule has 1 fully saturated rings. The highest BCUT2D eigenvalue weighted by molar-refractivity contribution is 4.71. The maximum absolute atomic E-state index is 2.38. The lowest BCUT2D eigenvalue weighted by atomic mass is 10.0. The fourth-order valence-corrected chi connectivity index (χ4v) is 2.00. The van der Waals surface area contributed by atoms with Crippen molar-refractivity contribution in [3.63, 3.8) is 0 Å². The normalized spacial score (nSPS) is 35.3. The van der Waals surface area contributed by atoms with Gasteiger partial charge in [-0.3, -0.25) is 0 Å². The quantitative estimate of drug-likeness (QED) is 0.533. The van der Waals surface area contributed by atoms with Crippen molar-refractivity contribution in [3.8, 4) is 0 Å². The minimum atomic E-state index is 1.03. The van der Waals surface area contributed by atoms with Crippen molar-refractivity contribution in [3.05, 3.63) is 0 Å². The van der Waals surface area contributed by atoms with Crippen LogP contribution in [-0.2, 0) is 0 Å². The van der Waals surface area contributed by atoms with Crippen LogP contribution in [0.3, 0.4) is 0 Å². The van der Waals surface area contributed by atoms with Gasteiger partial charge in [0, 0.05) is 0 Å². The van der Waals surface area contributed by atoms with Crippen LogP contribution >= 0.6 is 0 Å². The molecule has 9 heavy (non-hydrogen) atoms. The van der Waals surface area contributed by atoms with Gasteiger partial charge in [-0.25, -0.2) is 0 Å². The first-order chi connectivity index (χ1) is 4.33. The molecule has 0 bridgehead atoms. The fraction of sp³-hybridized carbons (Fsp3) is 1.00. The van der Waals surface area contributed by atoms with E-state index in [1.165, 1.54) is 32.1 Å². The summed E-state index contributed by atoms with van der Waals surface area (Å²) in [6, 6.07) is 0. The Morgan fingerprint density at radius 1 is 1.33 bits per heavy atom. The van der Waals surface area contributed by atoms with E-state index in [2.05, 4.69) is 13.8 Å². The van der Waals surface area contributed by atoms with Gasteiger partial charge in [-0.1, -0.05) is 39.5 Å². The summed E-state index contributed by atoms with van der Waals surface area (Å²) in [5, 5.41) is 0. The SMILES string of the molecule is CCC[C@H]1CC[C@@H](C)C1. The number of hydrogen-bond donors (Lipinski definition) is 0. The molecule has 0 heterocycles. The van der Waals surface area contributed by atoms with Gasteiger partial charge in [0.15, 0.2) is 0 Å². The van der Waals surface area contributed by atoms with Crippen LogP contribution in [0.25, 0.3) is 0 Å². The minimum absolute atomic E-state index is 1.03. The summed E-state index contributed by atoms with van der Waals surface area (Å²) in [6.07, 6.45) is 7.37. The second kappa shape index (κ2) is 3.24. The fourth-order valence-electron chi connectivity index (χ4n) is 2.00. The van der Waals surface area contributed by atoms with E-state index >= 15 is 0 Å². The molecule has 54 valence electrons. The molecule has 0 aromatic carbocycles. The molecule has 1 saturated carbocycles. The molecule has 0 heteroatoms. The summed E-state index contributed by atoms with van der Waals surface area (Å²) in [6.45, 7) is 4.68. The van der Waals surface area contributed by atoms with Gasteiger partial charge < -0.3 is 0 Å². The van der Waals surface area contributed by atoms with Crippen LogP contribution in [0.15, 0.2) is 0 Å². The molecule has 0 N–H and O–H groups in total. The molecule has 0 nitrogen and oxygen atoms in total. The molecular weight excluding hydrogens is 108 g/mol. The molecule has 1 aliphatic carbocycles. The van der Waals surface area contributed by atoms with Crippen molar-refractivity contribution in [2.24, 2.45) is 11.8 Å². The van der Waals surface area contributed by atoms with Crippen molar-refractivity contribution in [1.29, 1.82) is 0 Å². The highest BCUT2D eigenvalue weighted by atomic mass is 14.2. The zero-order valence-electron chi connectivity index (χ0n) is 6.69. The van der Waals surface area contributed by atoms with Gasteiger partial charge in [0.1, 0.15) is 0 Å². The molecule has 1 aliphatic rings. The Balaban J connectivity index is 2.14. The van der Waals surface area contributed by atoms with Crippen molar-refractivity contribution < 1.29 is 0 Å². The zero-order chi connectivity index (χ0) is 6.69. The first-order valence-electron chi connectivity index (χ1n) is 4.33. The number of rotatable bonds is 2. The predicted octanol–water partition coefficient (Wildman–Crippen LogP) is 3.22. The van der Waals surface area contributed by atoms with Gasteiger partial charge >= 0.3 is 0 Å². The van der Waals surface area contributed by atoms with E-state index < -0.39 is 0 Å². The summed E-state index contributed by atoms with van der Waals surface area (Å²) < 4.78 is 0. The first kappa shape index (κ1) is 7.11. The first-order valence-corrected chi connectivity index (χ1v) is 4.33. The molecule has 0 aromatic rings. The second-order valence-corrected chi connectivity index (χ2v) is 3.57. The summed E-state index contributed by atoms with van der Waals surface area (Å²) in [7, 11) is 0. The smallest absolute Gasteiger partial charge is 0.0412 e. The zero-order valence-corrected chi connectivity index (χ0v) is 6.69. The topological polar surface area (TPSA) is 0 Å². The van der Waals surface area contributed by atoms with Crippen LogP contribution in [0.1, 0.15) is 46.0 Å². The molecule has 0 spiro atoms. The monoisotopic (exact) mass is 126 g/mol. The van der Waals surface area contributed by atoms with Gasteiger partial charge in [-0.2, -0.15) is 0 Å². The molecule has 0 aromatic heterocycles. The van der Waals surface area contributed by atoms with Crippen molar-refractivity contribution in [2.75, 3.05) is 0 Å². The third-order valence-corrected chi connectivity index (χ3v) is 2.50. The Labute approximate surface area is 58.7 Å². The van der Waals surface area contributed by atoms with Gasteiger partial charge in [-0.15, -0.1) is 0 Å². The third kappa shape index (κ3) is 2.00. The summed E-state index contributed by atoms with van der Waals surface area (Å²) in [5.74, 6) is 2.12. The lowest BCUT2D eigenvalue weighted by Gasteiger charge is -2.05. The highest BCUT2D eigenvalue weighted by Gasteiger charge is 2.19. The van der Waals surface area contributed by atoms with E-state index in [9.17, 15) is 0 Å². The summed E-state index contributed by atoms with van der Waals surface area (Å²) in [4.78, 5) is 0. The maximum Gasteiger partial charge on any atom is -0.0412 e. The molecule has 0 amide bonds. The van der Waals surface area contributed by atoms with E-state index in [0.717, 1.165) is 11.8 Å².